The van der Waals surface area contributed by atoms with E-state index in [9.17, 15) is 43.2 Å². The van der Waals surface area contributed by atoms with Gasteiger partial charge in [-0.15, -0.1) is 0 Å². The van der Waals surface area contributed by atoms with E-state index in [1.165, 1.54) is 263 Å². The molecule has 104 heavy (non-hydrogen) atoms. The summed E-state index contributed by atoms with van der Waals surface area (Å²) in [5.41, 5.74) is 0. The molecule has 17 nitrogen and oxygen atoms in total. The number of phosphoric acid groups is 2. The standard InChI is InChI=1S/C85H166O17P2/c1-7-9-11-13-15-17-18-19-20-21-22-23-24-28-31-34-39-44-50-56-62-68-83(88)96-74-81(102-84(89)69-63-57-51-45-40-35-32-29-26-25-27-30-33-37-42-47-53-59-65-77(3)4)76-100-104(93,94)98-72-79(86)71-97-103(91,92)99-75-80(73-95-82(87)67-61-55-49-16-14-12-10-8-2)101-85(90)70-64-58-52-46-41-36-38-43-48-54-60-66-78(5)6/h77-81,86H,7-76H2,1-6H3,(H,91,92)(H,93,94)/t79-,80+,81+/m0/s1. The molecule has 0 rings (SSSR count). The summed E-state index contributed by atoms with van der Waals surface area (Å²) in [5, 5.41) is 10.7. The van der Waals surface area contributed by atoms with Gasteiger partial charge in [-0.05, 0) is 37.5 Å². The molecule has 19 heteroatoms. The molecule has 0 aliphatic heterocycles. The summed E-state index contributed by atoms with van der Waals surface area (Å²) < 4.78 is 68.8. The molecular formula is C85H166O17P2. The van der Waals surface area contributed by atoms with E-state index in [2.05, 4.69) is 41.5 Å². The van der Waals surface area contributed by atoms with Gasteiger partial charge in [-0.2, -0.15) is 0 Å². The van der Waals surface area contributed by atoms with Crippen LogP contribution in [0.4, 0.5) is 0 Å². The predicted molar refractivity (Wildman–Crippen MR) is 428 cm³/mol. The predicted octanol–water partition coefficient (Wildman–Crippen LogP) is 25.8. The Kier molecular flexibility index (Phi) is 75.0. The number of rotatable bonds is 84. The largest absolute Gasteiger partial charge is 0.472 e. The summed E-state index contributed by atoms with van der Waals surface area (Å²) in [6, 6.07) is 0. The Morgan fingerprint density at radius 1 is 0.260 bits per heavy atom. The molecule has 0 aromatic rings. The fourth-order valence-electron chi connectivity index (χ4n) is 13.2. The van der Waals surface area contributed by atoms with Crippen molar-refractivity contribution < 1.29 is 80.2 Å². The summed E-state index contributed by atoms with van der Waals surface area (Å²) in [4.78, 5) is 73.0. The minimum absolute atomic E-state index is 0.107. The maximum Gasteiger partial charge on any atom is 0.472 e. The van der Waals surface area contributed by atoms with Crippen molar-refractivity contribution in [3.05, 3.63) is 0 Å². The molecule has 0 aliphatic rings. The van der Waals surface area contributed by atoms with Crippen LogP contribution in [0.3, 0.4) is 0 Å². The zero-order valence-electron chi connectivity index (χ0n) is 68.3. The van der Waals surface area contributed by atoms with Gasteiger partial charge in [0, 0.05) is 25.7 Å². The number of esters is 4. The Morgan fingerprint density at radius 3 is 0.654 bits per heavy atom. The molecule has 0 amide bonds. The van der Waals surface area contributed by atoms with Gasteiger partial charge < -0.3 is 33.8 Å². The van der Waals surface area contributed by atoms with E-state index in [0.29, 0.717) is 25.7 Å². The van der Waals surface area contributed by atoms with Gasteiger partial charge >= 0.3 is 39.5 Å². The van der Waals surface area contributed by atoms with E-state index < -0.39 is 97.5 Å². The maximum atomic E-state index is 13.1. The molecule has 0 aromatic carbocycles. The number of ether oxygens (including phenoxy) is 4. The zero-order valence-corrected chi connectivity index (χ0v) is 70.1. The summed E-state index contributed by atoms with van der Waals surface area (Å²) in [5.74, 6) is -0.522. The number of carbonyl (C=O) groups excluding carboxylic acids is 4. The lowest BCUT2D eigenvalue weighted by molar-refractivity contribution is -0.161. The molecule has 0 radical (unpaired) electrons. The highest BCUT2D eigenvalue weighted by Gasteiger charge is 2.30. The van der Waals surface area contributed by atoms with Crippen LogP contribution < -0.4 is 0 Å². The molecule has 0 saturated heterocycles. The quantitative estimate of drug-likeness (QED) is 0.0222. The average Bonchev–Trinajstić information content (AvgIpc) is 0.909. The van der Waals surface area contributed by atoms with E-state index in [1.807, 2.05) is 0 Å². The van der Waals surface area contributed by atoms with Crippen LogP contribution in [0.15, 0.2) is 0 Å². The third-order valence-electron chi connectivity index (χ3n) is 20.0. The highest BCUT2D eigenvalue weighted by atomic mass is 31.2. The van der Waals surface area contributed by atoms with Crippen molar-refractivity contribution in [1.29, 1.82) is 0 Å². The molecule has 0 aliphatic carbocycles. The molecule has 3 N–H and O–H groups in total. The lowest BCUT2D eigenvalue weighted by Crippen LogP contribution is -2.30. The number of hydrogen-bond acceptors (Lipinski definition) is 15. The first-order chi connectivity index (χ1) is 50.4. The van der Waals surface area contributed by atoms with Crippen LogP contribution in [-0.4, -0.2) is 96.7 Å². The van der Waals surface area contributed by atoms with Crippen LogP contribution in [0.1, 0.15) is 452 Å². The third-order valence-corrected chi connectivity index (χ3v) is 21.9. The summed E-state index contributed by atoms with van der Waals surface area (Å²) in [6.45, 7) is 9.66. The van der Waals surface area contributed by atoms with Gasteiger partial charge in [-0.25, -0.2) is 9.13 Å². The second kappa shape index (κ2) is 76.4. The number of carbonyl (C=O) groups is 4. The van der Waals surface area contributed by atoms with Crippen LogP contribution in [-0.2, 0) is 65.4 Å². The summed E-state index contributed by atoms with van der Waals surface area (Å²) in [6.07, 6.45) is 68.3. The van der Waals surface area contributed by atoms with E-state index in [-0.39, 0.29) is 25.7 Å². The zero-order chi connectivity index (χ0) is 76.4. The third kappa shape index (κ3) is 78.2. The fraction of sp³-hybridized carbons (Fsp3) is 0.953. The van der Waals surface area contributed by atoms with E-state index >= 15 is 0 Å². The monoisotopic (exact) mass is 1520 g/mol. The number of aliphatic hydroxyl groups is 1. The molecule has 0 fully saturated rings. The highest BCUT2D eigenvalue weighted by molar-refractivity contribution is 7.47. The Hall–Kier alpha value is -1.94. The Balaban J connectivity index is 5.17. The second-order valence-electron chi connectivity index (χ2n) is 31.5. The van der Waals surface area contributed by atoms with Gasteiger partial charge in [0.1, 0.15) is 19.3 Å². The van der Waals surface area contributed by atoms with Crippen molar-refractivity contribution >= 4 is 39.5 Å². The van der Waals surface area contributed by atoms with Crippen molar-refractivity contribution in [3.8, 4) is 0 Å². The number of unbranched alkanes of at least 4 members (excludes halogenated alkanes) is 54. The van der Waals surface area contributed by atoms with Gasteiger partial charge in [-0.3, -0.25) is 37.3 Å². The molecule has 0 spiro atoms. The molecule has 0 heterocycles. The lowest BCUT2D eigenvalue weighted by Gasteiger charge is -2.21. The van der Waals surface area contributed by atoms with Gasteiger partial charge in [0.25, 0.3) is 0 Å². The number of hydrogen-bond donors (Lipinski definition) is 3. The average molecular weight is 1520 g/mol. The molecule has 2 unspecified atom stereocenters. The van der Waals surface area contributed by atoms with Gasteiger partial charge in [0.2, 0.25) is 0 Å². The first-order valence-corrected chi connectivity index (χ1v) is 47.0. The molecular weight excluding hydrogens is 1350 g/mol. The first-order valence-electron chi connectivity index (χ1n) is 44.0. The fourth-order valence-corrected chi connectivity index (χ4v) is 14.8. The van der Waals surface area contributed by atoms with Crippen molar-refractivity contribution in [2.45, 2.75) is 471 Å². The first kappa shape index (κ1) is 102. The SMILES string of the molecule is CCCCCCCCCCCCCCCCCCCCCCCC(=O)OC[C@H](COP(=O)(O)OC[C@@H](O)COP(=O)(O)OC[C@@H](COC(=O)CCCCCCCCCC)OC(=O)CCCCCCCCCCCCCC(C)C)OC(=O)CCCCCCCCCCCCCCCCCCCCC(C)C. The van der Waals surface area contributed by atoms with Crippen LogP contribution in [0.5, 0.6) is 0 Å². The van der Waals surface area contributed by atoms with Crippen molar-refractivity contribution in [2.24, 2.45) is 11.8 Å². The van der Waals surface area contributed by atoms with Gasteiger partial charge in [0.05, 0.1) is 26.4 Å². The molecule has 0 bridgehead atoms. The van der Waals surface area contributed by atoms with Crippen LogP contribution in [0, 0.1) is 11.8 Å². The van der Waals surface area contributed by atoms with Crippen molar-refractivity contribution in [1.82, 2.24) is 0 Å². The maximum absolute atomic E-state index is 13.1. The van der Waals surface area contributed by atoms with E-state index in [1.54, 1.807) is 0 Å². The number of aliphatic hydroxyl groups excluding tert-OH is 1. The molecule has 0 saturated carbocycles. The van der Waals surface area contributed by atoms with Crippen molar-refractivity contribution in [2.75, 3.05) is 39.6 Å². The Bertz CT molecular complexity index is 1990. The minimum Gasteiger partial charge on any atom is -0.462 e. The van der Waals surface area contributed by atoms with Crippen molar-refractivity contribution in [3.63, 3.8) is 0 Å². The van der Waals surface area contributed by atoms with Crippen LogP contribution in [0.2, 0.25) is 0 Å². The molecule has 0 aromatic heterocycles. The number of phosphoric ester groups is 2. The topological polar surface area (TPSA) is 237 Å². The minimum atomic E-state index is -4.96. The lowest BCUT2D eigenvalue weighted by atomic mass is 10.0. The van der Waals surface area contributed by atoms with E-state index in [4.69, 9.17) is 37.0 Å². The highest BCUT2D eigenvalue weighted by Crippen LogP contribution is 2.45. The van der Waals surface area contributed by atoms with E-state index in [0.717, 1.165) is 108 Å². The summed E-state index contributed by atoms with van der Waals surface area (Å²) >= 11 is 0. The smallest absolute Gasteiger partial charge is 0.462 e. The molecule has 618 valence electrons. The Morgan fingerprint density at radius 2 is 0.442 bits per heavy atom. The van der Waals surface area contributed by atoms with Gasteiger partial charge in [-0.1, -0.05) is 401 Å². The normalized spacial score (nSPS) is 13.8. The molecule has 5 atom stereocenters. The van der Waals surface area contributed by atoms with Crippen LogP contribution in [0.25, 0.3) is 0 Å². The van der Waals surface area contributed by atoms with Gasteiger partial charge in [0.15, 0.2) is 12.2 Å². The second-order valence-corrected chi connectivity index (χ2v) is 34.4. The summed E-state index contributed by atoms with van der Waals surface area (Å²) in [7, 11) is -9.92. The van der Waals surface area contributed by atoms with Crippen LogP contribution >= 0.6 is 15.6 Å². The Labute approximate surface area is 638 Å².